The van der Waals surface area contributed by atoms with E-state index < -0.39 is 0 Å². The second-order valence-corrected chi connectivity index (χ2v) is 4.88. The average molecular weight is 299 g/mol. The third-order valence-electron chi connectivity index (χ3n) is 3.22. The number of benzene rings is 1. The third kappa shape index (κ3) is 6.26. The maximum Gasteiger partial charge on any atom is 0.220 e. The van der Waals surface area contributed by atoms with Gasteiger partial charge < -0.3 is 15.4 Å². The SMILES string of the molecule is Cl.O=C(CCCOc1ccccc1)NC1CCCNC1. The standard InChI is InChI=1S/C15H22N2O2.ClH/c18-15(17-13-6-4-10-16-12-13)9-5-11-19-14-7-2-1-3-8-14;/h1-3,7-8,13,16H,4-6,9-12H2,(H,17,18);1H. The molecule has 2 N–H and O–H groups in total. The van der Waals surface area contributed by atoms with E-state index in [1.807, 2.05) is 30.3 Å². The van der Waals surface area contributed by atoms with Crippen molar-refractivity contribution < 1.29 is 9.53 Å². The Bertz CT molecular complexity index is 381. The summed E-state index contributed by atoms with van der Waals surface area (Å²) in [7, 11) is 0. The lowest BCUT2D eigenvalue weighted by Gasteiger charge is -2.23. The minimum atomic E-state index is 0. The van der Waals surface area contributed by atoms with Crippen LogP contribution in [0.5, 0.6) is 5.75 Å². The van der Waals surface area contributed by atoms with Gasteiger partial charge >= 0.3 is 0 Å². The van der Waals surface area contributed by atoms with E-state index in [-0.39, 0.29) is 18.3 Å². The number of piperidine rings is 1. The molecule has 1 aromatic rings. The maximum absolute atomic E-state index is 11.7. The number of halogens is 1. The van der Waals surface area contributed by atoms with Gasteiger partial charge in [0.05, 0.1) is 6.61 Å². The summed E-state index contributed by atoms with van der Waals surface area (Å²) in [6.45, 7) is 2.55. The van der Waals surface area contributed by atoms with E-state index in [4.69, 9.17) is 4.74 Å². The fourth-order valence-electron chi connectivity index (χ4n) is 2.21. The van der Waals surface area contributed by atoms with Crippen LogP contribution in [0.3, 0.4) is 0 Å². The predicted octanol–water partition coefficient (Wildman–Crippen LogP) is 2.14. The first-order chi connectivity index (χ1) is 9.34. The Morgan fingerprint density at radius 3 is 2.85 bits per heavy atom. The van der Waals surface area contributed by atoms with Crippen molar-refractivity contribution in [1.82, 2.24) is 10.6 Å². The summed E-state index contributed by atoms with van der Waals surface area (Å²) >= 11 is 0. The van der Waals surface area contributed by atoms with Gasteiger partial charge in [-0.1, -0.05) is 18.2 Å². The molecule has 5 heteroatoms. The highest BCUT2D eigenvalue weighted by Crippen LogP contribution is 2.09. The van der Waals surface area contributed by atoms with Crippen LogP contribution >= 0.6 is 12.4 Å². The van der Waals surface area contributed by atoms with E-state index >= 15 is 0 Å². The Kier molecular flexibility index (Phi) is 8.07. The Hall–Kier alpha value is -1.26. The van der Waals surface area contributed by atoms with Crippen LogP contribution in [0.25, 0.3) is 0 Å². The van der Waals surface area contributed by atoms with Gasteiger partial charge in [0.2, 0.25) is 5.91 Å². The van der Waals surface area contributed by atoms with Gasteiger partial charge in [-0.25, -0.2) is 0 Å². The molecule has 0 bridgehead atoms. The minimum absolute atomic E-state index is 0. The Balaban J connectivity index is 0.00000200. The van der Waals surface area contributed by atoms with Gasteiger partial charge in [-0.2, -0.15) is 0 Å². The van der Waals surface area contributed by atoms with E-state index in [0.29, 0.717) is 19.1 Å². The van der Waals surface area contributed by atoms with E-state index in [1.165, 1.54) is 0 Å². The molecule has 1 unspecified atom stereocenters. The number of rotatable bonds is 6. The molecule has 112 valence electrons. The number of amides is 1. The zero-order valence-corrected chi connectivity index (χ0v) is 12.5. The van der Waals surface area contributed by atoms with Crippen molar-refractivity contribution in [2.24, 2.45) is 0 Å². The largest absolute Gasteiger partial charge is 0.494 e. The number of para-hydroxylation sites is 1. The Labute approximate surface area is 126 Å². The quantitative estimate of drug-likeness (QED) is 0.791. The topological polar surface area (TPSA) is 50.4 Å². The monoisotopic (exact) mass is 298 g/mol. The van der Waals surface area contributed by atoms with E-state index in [0.717, 1.165) is 38.1 Å². The van der Waals surface area contributed by atoms with Crippen molar-refractivity contribution in [1.29, 1.82) is 0 Å². The second-order valence-electron chi connectivity index (χ2n) is 4.88. The molecule has 1 saturated heterocycles. The number of hydrogen-bond donors (Lipinski definition) is 2. The molecule has 1 aromatic carbocycles. The first-order valence-electron chi connectivity index (χ1n) is 7.02. The molecule has 0 radical (unpaired) electrons. The molecule has 2 rings (SSSR count). The first-order valence-corrected chi connectivity index (χ1v) is 7.02. The maximum atomic E-state index is 11.7. The zero-order chi connectivity index (χ0) is 13.3. The van der Waals surface area contributed by atoms with Gasteiger partial charge in [0, 0.05) is 19.0 Å². The molecule has 0 saturated carbocycles. The molecule has 1 fully saturated rings. The number of carbonyl (C=O) groups excluding carboxylic acids is 1. The van der Waals surface area contributed by atoms with Crippen LogP contribution in [0, 0.1) is 0 Å². The van der Waals surface area contributed by atoms with Crippen molar-refractivity contribution in [3.05, 3.63) is 30.3 Å². The van der Waals surface area contributed by atoms with Crippen molar-refractivity contribution >= 4 is 18.3 Å². The van der Waals surface area contributed by atoms with Gasteiger partial charge in [0.15, 0.2) is 0 Å². The summed E-state index contributed by atoms with van der Waals surface area (Å²) in [6, 6.07) is 9.99. The summed E-state index contributed by atoms with van der Waals surface area (Å²) in [6.07, 6.45) is 3.51. The minimum Gasteiger partial charge on any atom is -0.494 e. The summed E-state index contributed by atoms with van der Waals surface area (Å²) in [5.41, 5.74) is 0. The van der Waals surface area contributed by atoms with Crippen molar-refractivity contribution in [3.63, 3.8) is 0 Å². The summed E-state index contributed by atoms with van der Waals surface area (Å²) in [4.78, 5) is 11.7. The highest BCUT2D eigenvalue weighted by atomic mass is 35.5. The van der Waals surface area contributed by atoms with Crippen molar-refractivity contribution in [2.75, 3.05) is 19.7 Å². The van der Waals surface area contributed by atoms with Gasteiger partial charge in [-0.05, 0) is 37.9 Å². The van der Waals surface area contributed by atoms with E-state index in [2.05, 4.69) is 10.6 Å². The molecule has 0 aliphatic carbocycles. The molecule has 0 aromatic heterocycles. The number of hydrogen-bond acceptors (Lipinski definition) is 3. The Morgan fingerprint density at radius 1 is 1.35 bits per heavy atom. The van der Waals surface area contributed by atoms with Crippen LogP contribution in [0.15, 0.2) is 30.3 Å². The fourth-order valence-corrected chi connectivity index (χ4v) is 2.21. The molecule has 1 heterocycles. The molecule has 4 nitrogen and oxygen atoms in total. The van der Waals surface area contributed by atoms with E-state index in [1.54, 1.807) is 0 Å². The predicted molar refractivity (Wildman–Crippen MR) is 82.5 cm³/mol. The molecule has 0 spiro atoms. The Morgan fingerprint density at radius 2 is 2.15 bits per heavy atom. The molecule has 1 amide bonds. The highest BCUT2D eigenvalue weighted by Gasteiger charge is 2.14. The highest BCUT2D eigenvalue weighted by molar-refractivity contribution is 5.85. The average Bonchev–Trinajstić information content (AvgIpc) is 2.46. The lowest BCUT2D eigenvalue weighted by atomic mass is 10.1. The smallest absolute Gasteiger partial charge is 0.220 e. The van der Waals surface area contributed by atoms with Gasteiger partial charge in [-0.3, -0.25) is 4.79 Å². The second kappa shape index (κ2) is 9.61. The number of carbonyl (C=O) groups is 1. The van der Waals surface area contributed by atoms with E-state index in [9.17, 15) is 4.79 Å². The number of nitrogens with one attached hydrogen (secondary N) is 2. The fraction of sp³-hybridized carbons (Fsp3) is 0.533. The van der Waals surface area contributed by atoms with Gasteiger partial charge in [0.25, 0.3) is 0 Å². The van der Waals surface area contributed by atoms with Crippen molar-refractivity contribution in [3.8, 4) is 5.75 Å². The van der Waals surface area contributed by atoms with Crippen LogP contribution in [-0.4, -0.2) is 31.6 Å². The molecular weight excluding hydrogens is 276 g/mol. The van der Waals surface area contributed by atoms with Crippen molar-refractivity contribution in [2.45, 2.75) is 31.7 Å². The van der Waals surface area contributed by atoms with Crippen LogP contribution in [0.4, 0.5) is 0 Å². The molecular formula is C15H23ClN2O2. The van der Waals surface area contributed by atoms with Crippen LogP contribution in [-0.2, 0) is 4.79 Å². The first kappa shape index (κ1) is 16.8. The van der Waals surface area contributed by atoms with Crippen LogP contribution in [0.2, 0.25) is 0 Å². The van der Waals surface area contributed by atoms with Gasteiger partial charge in [0.1, 0.15) is 5.75 Å². The zero-order valence-electron chi connectivity index (χ0n) is 11.6. The summed E-state index contributed by atoms with van der Waals surface area (Å²) in [5.74, 6) is 0.991. The summed E-state index contributed by atoms with van der Waals surface area (Å²) in [5, 5.41) is 6.35. The van der Waals surface area contributed by atoms with Crippen LogP contribution in [0.1, 0.15) is 25.7 Å². The normalized spacial score (nSPS) is 17.9. The lowest BCUT2D eigenvalue weighted by molar-refractivity contribution is -0.122. The molecule has 20 heavy (non-hydrogen) atoms. The summed E-state index contributed by atoms with van der Waals surface area (Å²) < 4.78 is 5.55. The number of ether oxygens (including phenoxy) is 1. The third-order valence-corrected chi connectivity index (χ3v) is 3.22. The van der Waals surface area contributed by atoms with Crippen LogP contribution < -0.4 is 15.4 Å². The molecule has 1 aliphatic rings. The molecule has 1 aliphatic heterocycles. The van der Waals surface area contributed by atoms with Gasteiger partial charge in [-0.15, -0.1) is 12.4 Å². The molecule has 1 atom stereocenters. The lowest BCUT2D eigenvalue weighted by Crippen LogP contribution is -2.45.